The number of hydrogen-bond donors (Lipinski definition) is 2. The van der Waals surface area contributed by atoms with Gasteiger partial charge in [-0.3, -0.25) is 0 Å². The lowest BCUT2D eigenvalue weighted by atomic mass is 9.90. The minimum Gasteiger partial charge on any atom is -0.495 e. The monoisotopic (exact) mass is 292 g/mol. The first-order valence-corrected chi connectivity index (χ1v) is 7.48. The molecule has 0 saturated carbocycles. The molecule has 1 aromatic carbocycles. The molecule has 1 saturated heterocycles. The molecular formula is C16H24N2O3. The summed E-state index contributed by atoms with van der Waals surface area (Å²) in [6.45, 7) is 4.83. The molecule has 1 heterocycles. The summed E-state index contributed by atoms with van der Waals surface area (Å²) in [6, 6.07) is 7.47. The summed E-state index contributed by atoms with van der Waals surface area (Å²) in [5, 5.41) is 13.0. The maximum absolute atomic E-state index is 11.9. The van der Waals surface area contributed by atoms with Gasteiger partial charge < -0.3 is 20.1 Å². The molecule has 0 spiro atoms. The van der Waals surface area contributed by atoms with Gasteiger partial charge in [0.2, 0.25) is 0 Å². The molecule has 0 radical (unpaired) electrons. The summed E-state index contributed by atoms with van der Waals surface area (Å²) >= 11 is 0. The van der Waals surface area contributed by atoms with Gasteiger partial charge >= 0.3 is 5.97 Å². The van der Waals surface area contributed by atoms with Gasteiger partial charge in [0.1, 0.15) is 11.3 Å². The highest BCUT2D eigenvalue weighted by Gasteiger charge is 2.40. The molecule has 1 atom stereocenters. The van der Waals surface area contributed by atoms with Crippen molar-refractivity contribution in [1.82, 2.24) is 4.90 Å². The molecule has 0 aromatic heterocycles. The Kier molecular flexibility index (Phi) is 5.07. The molecule has 1 aliphatic rings. The third kappa shape index (κ3) is 3.47. The molecule has 0 bridgehead atoms. The summed E-state index contributed by atoms with van der Waals surface area (Å²) in [6.07, 6.45) is 2.09. The van der Waals surface area contributed by atoms with E-state index in [1.165, 1.54) is 0 Å². The molecular weight excluding hydrogens is 268 g/mol. The van der Waals surface area contributed by atoms with Crippen molar-refractivity contribution < 1.29 is 14.6 Å². The Bertz CT molecular complexity index is 492. The van der Waals surface area contributed by atoms with Gasteiger partial charge in [-0.15, -0.1) is 0 Å². The van der Waals surface area contributed by atoms with E-state index in [9.17, 15) is 9.90 Å². The van der Waals surface area contributed by atoms with E-state index in [1.54, 1.807) is 7.11 Å². The smallest absolute Gasteiger partial charge is 0.329 e. The van der Waals surface area contributed by atoms with Gasteiger partial charge in [0.15, 0.2) is 0 Å². The molecule has 5 heteroatoms. The molecule has 2 rings (SSSR count). The Hall–Kier alpha value is -1.75. The number of ether oxygens (including phenoxy) is 1. The molecule has 21 heavy (non-hydrogen) atoms. The SMILES string of the molecule is CCN1CCCC(Nc2ccccc2OC)(C(=O)O)CC1. The molecule has 5 nitrogen and oxygen atoms in total. The first-order valence-electron chi connectivity index (χ1n) is 7.48. The van der Waals surface area contributed by atoms with Crippen LogP contribution in [0.25, 0.3) is 0 Å². The van der Waals surface area contributed by atoms with E-state index in [0.29, 0.717) is 18.6 Å². The Morgan fingerprint density at radius 2 is 2.14 bits per heavy atom. The van der Waals surface area contributed by atoms with E-state index < -0.39 is 11.5 Å². The maximum atomic E-state index is 11.9. The molecule has 2 N–H and O–H groups in total. The first kappa shape index (κ1) is 15.6. The highest BCUT2D eigenvalue weighted by atomic mass is 16.5. The van der Waals surface area contributed by atoms with Crippen LogP contribution in [-0.4, -0.2) is 48.3 Å². The standard InChI is InChI=1S/C16H24N2O3/c1-3-18-11-6-9-16(10-12-18,15(19)20)17-13-7-4-5-8-14(13)21-2/h4-5,7-8,17H,3,6,9-12H2,1-2H3,(H,19,20). The van der Waals surface area contributed by atoms with Gasteiger partial charge in [-0.2, -0.15) is 0 Å². The topological polar surface area (TPSA) is 61.8 Å². The van der Waals surface area contributed by atoms with Crippen LogP contribution in [0, 0.1) is 0 Å². The van der Waals surface area contributed by atoms with Crippen LogP contribution in [0.2, 0.25) is 0 Å². The Balaban J connectivity index is 2.24. The van der Waals surface area contributed by atoms with Crippen LogP contribution in [0.4, 0.5) is 5.69 Å². The molecule has 1 unspecified atom stereocenters. The van der Waals surface area contributed by atoms with Crippen molar-refractivity contribution in [2.75, 3.05) is 32.1 Å². The number of carboxylic acid groups (broad SMARTS) is 1. The summed E-state index contributed by atoms with van der Waals surface area (Å²) < 4.78 is 5.32. The Morgan fingerprint density at radius 1 is 1.38 bits per heavy atom. The molecule has 116 valence electrons. The second-order valence-corrected chi connectivity index (χ2v) is 5.50. The van der Waals surface area contributed by atoms with E-state index in [1.807, 2.05) is 24.3 Å². The molecule has 0 aliphatic carbocycles. The van der Waals surface area contributed by atoms with E-state index in [2.05, 4.69) is 17.1 Å². The van der Waals surface area contributed by atoms with Gasteiger partial charge in [0.25, 0.3) is 0 Å². The normalized spacial score (nSPS) is 23.3. The zero-order valence-corrected chi connectivity index (χ0v) is 12.8. The third-order valence-electron chi connectivity index (χ3n) is 4.27. The van der Waals surface area contributed by atoms with Crippen LogP contribution in [0.3, 0.4) is 0 Å². The number of nitrogens with one attached hydrogen (secondary N) is 1. The number of methoxy groups -OCH3 is 1. The minimum atomic E-state index is -0.918. The number of rotatable bonds is 5. The zero-order chi connectivity index (χ0) is 15.3. The fourth-order valence-corrected chi connectivity index (χ4v) is 2.90. The second-order valence-electron chi connectivity index (χ2n) is 5.50. The lowest BCUT2D eigenvalue weighted by Crippen LogP contribution is -2.47. The Morgan fingerprint density at radius 3 is 2.81 bits per heavy atom. The number of carbonyl (C=O) groups is 1. The van der Waals surface area contributed by atoms with Crippen LogP contribution >= 0.6 is 0 Å². The van der Waals surface area contributed by atoms with Gasteiger partial charge in [-0.1, -0.05) is 19.1 Å². The van der Waals surface area contributed by atoms with Crippen molar-refractivity contribution in [2.24, 2.45) is 0 Å². The van der Waals surface area contributed by atoms with Gasteiger partial charge in [0, 0.05) is 6.54 Å². The van der Waals surface area contributed by atoms with Crippen LogP contribution < -0.4 is 10.1 Å². The van der Waals surface area contributed by atoms with E-state index in [-0.39, 0.29) is 0 Å². The van der Waals surface area contributed by atoms with Crippen LogP contribution in [0.5, 0.6) is 5.75 Å². The number of benzene rings is 1. The first-order chi connectivity index (χ1) is 10.1. The van der Waals surface area contributed by atoms with Crippen molar-refractivity contribution in [3.05, 3.63) is 24.3 Å². The molecule has 1 fully saturated rings. The lowest BCUT2D eigenvalue weighted by molar-refractivity contribution is -0.142. The van der Waals surface area contributed by atoms with E-state index in [4.69, 9.17) is 4.74 Å². The van der Waals surface area contributed by atoms with Crippen molar-refractivity contribution in [1.29, 1.82) is 0 Å². The predicted molar refractivity (Wildman–Crippen MR) is 82.9 cm³/mol. The van der Waals surface area contributed by atoms with Crippen LogP contribution in [-0.2, 0) is 4.79 Å². The van der Waals surface area contributed by atoms with Crippen LogP contribution in [0.15, 0.2) is 24.3 Å². The van der Waals surface area contributed by atoms with Crippen molar-refractivity contribution >= 4 is 11.7 Å². The van der Waals surface area contributed by atoms with Gasteiger partial charge in [0.05, 0.1) is 12.8 Å². The van der Waals surface area contributed by atoms with Gasteiger partial charge in [-0.05, 0) is 44.5 Å². The largest absolute Gasteiger partial charge is 0.495 e. The number of para-hydroxylation sites is 2. The third-order valence-corrected chi connectivity index (χ3v) is 4.27. The summed E-state index contributed by atoms with van der Waals surface area (Å²) in [5.74, 6) is -0.110. The number of likely N-dealkylation sites (tertiary alicyclic amines) is 1. The van der Waals surface area contributed by atoms with E-state index >= 15 is 0 Å². The highest BCUT2D eigenvalue weighted by Crippen LogP contribution is 2.32. The number of aliphatic carboxylic acids is 1. The van der Waals surface area contributed by atoms with Crippen molar-refractivity contribution in [3.8, 4) is 5.75 Å². The second kappa shape index (κ2) is 6.80. The summed E-state index contributed by atoms with van der Waals surface area (Å²) in [5.41, 5.74) is -0.175. The number of carboxylic acids is 1. The van der Waals surface area contributed by atoms with E-state index in [0.717, 1.165) is 31.7 Å². The zero-order valence-electron chi connectivity index (χ0n) is 12.8. The predicted octanol–water partition coefficient (Wildman–Crippen LogP) is 2.44. The fourth-order valence-electron chi connectivity index (χ4n) is 2.90. The number of anilines is 1. The minimum absolute atomic E-state index is 0.591. The van der Waals surface area contributed by atoms with Crippen molar-refractivity contribution in [2.45, 2.75) is 31.7 Å². The molecule has 0 amide bonds. The number of hydrogen-bond acceptors (Lipinski definition) is 4. The molecule has 1 aromatic rings. The fraction of sp³-hybridized carbons (Fsp3) is 0.562. The summed E-state index contributed by atoms with van der Waals surface area (Å²) in [7, 11) is 1.60. The van der Waals surface area contributed by atoms with Crippen molar-refractivity contribution in [3.63, 3.8) is 0 Å². The van der Waals surface area contributed by atoms with Crippen LogP contribution in [0.1, 0.15) is 26.2 Å². The maximum Gasteiger partial charge on any atom is 0.329 e. The number of nitrogens with zero attached hydrogens (tertiary/aromatic N) is 1. The Labute approximate surface area is 125 Å². The quantitative estimate of drug-likeness (QED) is 0.873. The average molecular weight is 292 g/mol. The highest BCUT2D eigenvalue weighted by molar-refractivity contribution is 5.83. The summed E-state index contributed by atoms with van der Waals surface area (Å²) in [4.78, 5) is 14.2. The molecule has 1 aliphatic heterocycles. The lowest BCUT2D eigenvalue weighted by Gasteiger charge is -2.31. The van der Waals surface area contributed by atoms with Gasteiger partial charge in [-0.25, -0.2) is 4.79 Å². The average Bonchev–Trinajstić information content (AvgIpc) is 2.71.